The lowest BCUT2D eigenvalue weighted by Crippen LogP contribution is -3.00. The minimum absolute atomic E-state index is 0. The van der Waals surface area contributed by atoms with Gasteiger partial charge in [-0.25, -0.2) is 0 Å². The van der Waals surface area contributed by atoms with Crippen molar-refractivity contribution in [2.24, 2.45) is 0 Å². The van der Waals surface area contributed by atoms with E-state index in [1.165, 1.54) is 6.26 Å². The van der Waals surface area contributed by atoms with Crippen molar-refractivity contribution in [3.05, 3.63) is 12.8 Å². The molecule has 0 fully saturated rings. The number of nitrogens with zero attached hydrogens (tertiary/aromatic N) is 1. The quantitative estimate of drug-likeness (QED) is 0.335. The second-order valence-electron chi connectivity index (χ2n) is 3.59. The topological polar surface area (TPSA) is 9.23 Å². The van der Waals surface area contributed by atoms with Crippen LogP contribution in [0.2, 0.25) is 0 Å². The Balaban J connectivity index is 0. The minimum atomic E-state index is 0. The summed E-state index contributed by atoms with van der Waals surface area (Å²) in [6.07, 6.45) is 1.76. The summed E-state index contributed by atoms with van der Waals surface area (Å²) in [6.45, 7) is 6.55. The molecule has 0 N–H and O–H groups in total. The lowest BCUT2D eigenvalue weighted by atomic mass is 10.3. The summed E-state index contributed by atoms with van der Waals surface area (Å²) in [5.41, 5.74) is 0. The van der Waals surface area contributed by atoms with Crippen molar-refractivity contribution in [1.29, 1.82) is 0 Å². The highest BCUT2D eigenvalue weighted by molar-refractivity contribution is 4.55. The molecule has 0 rings (SSSR count). The Morgan fingerprint density at radius 1 is 1.45 bits per heavy atom. The second kappa shape index (κ2) is 5.83. The van der Waals surface area contributed by atoms with Crippen LogP contribution in [0.5, 0.6) is 0 Å². The van der Waals surface area contributed by atoms with Gasteiger partial charge in [0.05, 0.1) is 27.4 Å². The van der Waals surface area contributed by atoms with Gasteiger partial charge in [0.15, 0.2) is 0 Å². The maximum absolute atomic E-state index is 5.17. The number of hydrogen-bond acceptors (Lipinski definition) is 1. The molecule has 0 aliphatic rings. The first-order valence-corrected chi connectivity index (χ1v) is 3.52. The normalized spacial score (nSPS) is 13.1. The van der Waals surface area contributed by atoms with Crippen molar-refractivity contribution >= 4 is 0 Å². The zero-order chi connectivity index (χ0) is 8.20. The fourth-order valence-corrected chi connectivity index (χ4v) is 0.979. The standard InChI is InChI=1S/C8H18NO.HI/c1-6-10-8(2)7-9(3,4)5;/h6,8H,1,7H2,2-5H3;1H/q+1;/p-1. The monoisotopic (exact) mass is 271 g/mol. The van der Waals surface area contributed by atoms with Crippen LogP contribution < -0.4 is 24.0 Å². The molecule has 11 heavy (non-hydrogen) atoms. The predicted octanol–water partition coefficient (Wildman–Crippen LogP) is -1.75. The molecule has 1 atom stereocenters. The van der Waals surface area contributed by atoms with Crippen LogP contribution in [0.25, 0.3) is 0 Å². The van der Waals surface area contributed by atoms with Crippen molar-refractivity contribution < 1.29 is 33.2 Å². The van der Waals surface area contributed by atoms with Gasteiger partial charge in [0.2, 0.25) is 0 Å². The molecule has 0 aromatic heterocycles. The van der Waals surface area contributed by atoms with Gasteiger partial charge in [-0.3, -0.25) is 0 Å². The molecular weight excluding hydrogens is 253 g/mol. The number of likely N-dealkylation sites (N-methyl/N-ethyl adjacent to an activating group) is 1. The van der Waals surface area contributed by atoms with Gasteiger partial charge in [0, 0.05) is 0 Å². The Labute approximate surface area is 86.8 Å². The van der Waals surface area contributed by atoms with Crippen LogP contribution in [0.15, 0.2) is 12.8 Å². The highest BCUT2D eigenvalue weighted by atomic mass is 127. The zero-order valence-corrected chi connectivity index (χ0v) is 9.96. The SMILES string of the molecule is C=COC(C)C[N+](C)(C)C.[I-]. The molecule has 0 saturated heterocycles. The first kappa shape index (κ1) is 13.8. The molecule has 68 valence electrons. The fraction of sp³-hybridized carbons (Fsp3) is 0.750. The molecule has 0 amide bonds. The van der Waals surface area contributed by atoms with Gasteiger partial charge in [0.25, 0.3) is 0 Å². The summed E-state index contributed by atoms with van der Waals surface area (Å²) in [5.74, 6) is 0. The van der Waals surface area contributed by atoms with E-state index in [1.807, 2.05) is 6.92 Å². The third kappa shape index (κ3) is 10.2. The van der Waals surface area contributed by atoms with Gasteiger partial charge in [-0.05, 0) is 6.92 Å². The lowest BCUT2D eigenvalue weighted by Gasteiger charge is -2.26. The molecule has 0 saturated carbocycles. The average Bonchev–Trinajstić information content (AvgIpc) is 1.59. The van der Waals surface area contributed by atoms with Gasteiger partial charge < -0.3 is 33.2 Å². The average molecular weight is 271 g/mol. The molecule has 0 aromatic carbocycles. The van der Waals surface area contributed by atoms with E-state index in [2.05, 4.69) is 27.7 Å². The summed E-state index contributed by atoms with van der Waals surface area (Å²) in [7, 11) is 6.43. The first-order valence-electron chi connectivity index (χ1n) is 3.52. The number of quaternary nitrogens is 1. The van der Waals surface area contributed by atoms with Crippen LogP contribution in [0.3, 0.4) is 0 Å². The molecule has 3 heteroatoms. The Morgan fingerprint density at radius 3 is 2.18 bits per heavy atom. The molecule has 1 unspecified atom stereocenters. The number of hydrogen-bond donors (Lipinski definition) is 0. The van der Waals surface area contributed by atoms with Gasteiger partial charge in [-0.1, -0.05) is 6.58 Å². The Bertz CT molecular complexity index is 109. The van der Waals surface area contributed by atoms with E-state index in [0.717, 1.165) is 11.0 Å². The smallest absolute Gasteiger partial charge is 0.144 e. The van der Waals surface area contributed by atoms with E-state index in [0.29, 0.717) is 0 Å². The van der Waals surface area contributed by atoms with Crippen LogP contribution in [0, 0.1) is 0 Å². The van der Waals surface area contributed by atoms with E-state index >= 15 is 0 Å². The number of ether oxygens (including phenoxy) is 1. The van der Waals surface area contributed by atoms with Gasteiger partial charge >= 0.3 is 0 Å². The molecule has 0 radical (unpaired) electrons. The summed E-state index contributed by atoms with van der Waals surface area (Å²) < 4.78 is 6.09. The summed E-state index contributed by atoms with van der Waals surface area (Å²) in [5, 5.41) is 0. The second-order valence-corrected chi connectivity index (χ2v) is 3.59. The summed E-state index contributed by atoms with van der Waals surface area (Å²) >= 11 is 0. The third-order valence-electron chi connectivity index (χ3n) is 1.13. The van der Waals surface area contributed by atoms with E-state index in [-0.39, 0.29) is 30.1 Å². The molecule has 0 aromatic rings. The summed E-state index contributed by atoms with van der Waals surface area (Å²) in [4.78, 5) is 0. The largest absolute Gasteiger partial charge is 1.00 e. The van der Waals surface area contributed by atoms with Gasteiger partial charge in [0.1, 0.15) is 12.6 Å². The molecule has 0 heterocycles. The molecule has 0 aliphatic heterocycles. The highest BCUT2D eigenvalue weighted by Gasteiger charge is 2.12. The van der Waals surface area contributed by atoms with Crippen LogP contribution in [0.4, 0.5) is 0 Å². The molecule has 0 aliphatic carbocycles. The van der Waals surface area contributed by atoms with Gasteiger partial charge in [-0.15, -0.1) is 0 Å². The molecule has 0 spiro atoms. The van der Waals surface area contributed by atoms with E-state index in [1.54, 1.807) is 0 Å². The van der Waals surface area contributed by atoms with Crippen LogP contribution in [-0.2, 0) is 4.74 Å². The Kier molecular flexibility index (Phi) is 7.31. The number of rotatable bonds is 4. The van der Waals surface area contributed by atoms with Crippen LogP contribution >= 0.6 is 0 Å². The Morgan fingerprint density at radius 2 is 1.91 bits per heavy atom. The van der Waals surface area contributed by atoms with Crippen LogP contribution in [0.1, 0.15) is 6.92 Å². The molecule has 2 nitrogen and oxygen atoms in total. The first-order chi connectivity index (χ1) is 4.45. The zero-order valence-electron chi connectivity index (χ0n) is 7.80. The van der Waals surface area contributed by atoms with Gasteiger partial charge in [-0.2, -0.15) is 0 Å². The van der Waals surface area contributed by atoms with Crippen molar-refractivity contribution in [1.82, 2.24) is 0 Å². The van der Waals surface area contributed by atoms with Crippen molar-refractivity contribution in [2.45, 2.75) is 13.0 Å². The minimum Gasteiger partial charge on any atom is -1.00 e. The Hall–Kier alpha value is 0.230. The van der Waals surface area contributed by atoms with Crippen LogP contribution in [-0.4, -0.2) is 38.3 Å². The van der Waals surface area contributed by atoms with Crippen molar-refractivity contribution in [2.75, 3.05) is 27.7 Å². The molecule has 0 bridgehead atoms. The molecular formula is C8H18INO. The summed E-state index contributed by atoms with van der Waals surface area (Å²) in [6, 6.07) is 0. The number of halogens is 1. The van der Waals surface area contributed by atoms with E-state index in [4.69, 9.17) is 4.74 Å². The van der Waals surface area contributed by atoms with E-state index < -0.39 is 0 Å². The van der Waals surface area contributed by atoms with E-state index in [9.17, 15) is 0 Å². The van der Waals surface area contributed by atoms with Crippen molar-refractivity contribution in [3.63, 3.8) is 0 Å². The lowest BCUT2D eigenvalue weighted by molar-refractivity contribution is -0.873. The third-order valence-corrected chi connectivity index (χ3v) is 1.13. The van der Waals surface area contributed by atoms with Crippen molar-refractivity contribution in [3.8, 4) is 0 Å². The predicted molar refractivity (Wildman–Crippen MR) is 43.6 cm³/mol. The fourth-order valence-electron chi connectivity index (χ4n) is 0.979. The maximum atomic E-state index is 5.17. The maximum Gasteiger partial charge on any atom is 0.144 e. The highest BCUT2D eigenvalue weighted by Crippen LogP contribution is 1.98.